The lowest BCUT2D eigenvalue weighted by atomic mass is 10.2. The first-order valence-electron chi connectivity index (χ1n) is 5.11. The van der Waals surface area contributed by atoms with Crippen LogP contribution in [0.25, 0.3) is 0 Å². The maximum Gasteiger partial charge on any atom is 0.339 e. The summed E-state index contributed by atoms with van der Waals surface area (Å²) in [7, 11) is -3.82. The SMILES string of the molecule is Cc1ccc(S(=O)(=O)Oc2cccnc2Br)cc1. The molecule has 2 rings (SSSR count). The highest BCUT2D eigenvalue weighted by molar-refractivity contribution is 9.10. The zero-order chi connectivity index (χ0) is 13.2. The van der Waals surface area contributed by atoms with Crippen LogP contribution >= 0.6 is 15.9 Å². The minimum Gasteiger partial charge on any atom is -0.376 e. The van der Waals surface area contributed by atoms with E-state index in [1.807, 2.05) is 6.92 Å². The zero-order valence-electron chi connectivity index (χ0n) is 9.50. The Morgan fingerprint density at radius 3 is 2.44 bits per heavy atom. The average Bonchev–Trinajstić information content (AvgIpc) is 2.32. The predicted octanol–water partition coefficient (Wildman–Crippen LogP) is 2.92. The van der Waals surface area contributed by atoms with Crippen molar-refractivity contribution in [1.29, 1.82) is 0 Å². The molecule has 0 radical (unpaired) electrons. The minimum absolute atomic E-state index is 0.115. The lowest BCUT2D eigenvalue weighted by Crippen LogP contribution is -2.10. The number of aryl methyl sites for hydroxylation is 1. The number of hydrogen-bond donors (Lipinski definition) is 0. The molecule has 1 heterocycles. The molecular formula is C12H10BrNO3S. The Morgan fingerprint density at radius 2 is 1.83 bits per heavy atom. The van der Waals surface area contributed by atoms with Crippen molar-refractivity contribution in [3.63, 3.8) is 0 Å². The molecule has 0 saturated heterocycles. The van der Waals surface area contributed by atoms with Crippen LogP contribution in [0.15, 0.2) is 52.1 Å². The molecule has 0 atom stereocenters. The summed E-state index contributed by atoms with van der Waals surface area (Å²) in [6, 6.07) is 9.58. The summed E-state index contributed by atoms with van der Waals surface area (Å²) in [6.07, 6.45) is 1.54. The summed E-state index contributed by atoms with van der Waals surface area (Å²) in [5.41, 5.74) is 0.983. The largest absolute Gasteiger partial charge is 0.376 e. The summed E-state index contributed by atoms with van der Waals surface area (Å²) in [4.78, 5) is 4.01. The summed E-state index contributed by atoms with van der Waals surface area (Å²) in [6.45, 7) is 1.88. The molecule has 0 spiro atoms. The van der Waals surface area contributed by atoms with Gasteiger partial charge in [-0.25, -0.2) is 4.98 Å². The van der Waals surface area contributed by atoms with E-state index in [4.69, 9.17) is 4.18 Å². The monoisotopic (exact) mass is 327 g/mol. The molecule has 2 aromatic rings. The van der Waals surface area contributed by atoms with Gasteiger partial charge in [0.05, 0.1) is 0 Å². The van der Waals surface area contributed by atoms with Crippen LogP contribution in [0.1, 0.15) is 5.56 Å². The molecule has 0 saturated carbocycles. The number of pyridine rings is 1. The van der Waals surface area contributed by atoms with Crippen molar-refractivity contribution in [1.82, 2.24) is 4.98 Å². The maximum absolute atomic E-state index is 12.0. The van der Waals surface area contributed by atoms with Crippen LogP contribution in [0.3, 0.4) is 0 Å². The Morgan fingerprint density at radius 1 is 1.17 bits per heavy atom. The van der Waals surface area contributed by atoms with Gasteiger partial charge in [0.2, 0.25) is 0 Å². The van der Waals surface area contributed by atoms with E-state index in [1.165, 1.54) is 24.4 Å². The Balaban J connectivity index is 2.33. The highest BCUT2D eigenvalue weighted by Crippen LogP contribution is 2.25. The van der Waals surface area contributed by atoms with E-state index >= 15 is 0 Å². The summed E-state index contributed by atoms with van der Waals surface area (Å²) in [5, 5.41) is 0. The highest BCUT2D eigenvalue weighted by atomic mass is 79.9. The number of hydrogen-bond acceptors (Lipinski definition) is 4. The summed E-state index contributed by atoms with van der Waals surface area (Å²) < 4.78 is 29.4. The third kappa shape index (κ3) is 2.88. The fourth-order valence-electron chi connectivity index (χ4n) is 1.30. The van der Waals surface area contributed by atoms with Crippen molar-refractivity contribution < 1.29 is 12.6 Å². The van der Waals surface area contributed by atoms with Crippen molar-refractivity contribution in [3.8, 4) is 5.75 Å². The molecule has 0 aliphatic rings. The number of nitrogens with zero attached hydrogens (tertiary/aromatic N) is 1. The molecule has 1 aromatic heterocycles. The van der Waals surface area contributed by atoms with E-state index < -0.39 is 10.1 Å². The normalized spacial score (nSPS) is 11.2. The molecular weight excluding hydrogens is 318 g/mol. The third-order valence-corrected chi connectivity index (χ3v) is 4.08. The van der Waals surface area contributed by atoms with Crippen LogP contribution in [0.2, 0.25) is 0 Å². The fourth-order valence-corrected chi connectivity index (χ4v) is 2.68. The van der Waals surface area contributed by atoms with Gasteiger partial charge in [-0.1, -0.05) is 17.7 Å². The quantitative estimate of drug-likeness (QED) is 0.642. The van der Waals surface area contributed by atoms with E-state index in [-0.39, 0.29) is 10.6 Å². The topological polar surface area (TPSA) is 56.3 Å². The number of rotatable bonds is 3. The average molecular weight is 328 g/mol. The van der Waals surface area contributed by atoms with Gasteiger partial charge >= 0.3 is 10.1 Å². The minimum atomic E-state index is -3.82. The molecule has 6 heteroatoms. The Kier molecular flexibility index (Phi) is 3.68. The van der Waals surface area contributed by atoms with Gasteiger partial charge in [0.1, 0.15) is 9.50 Å². The zero-order valence-corrected chi connectivity index (χ0v) is 11.9. The molecule has 4 nitrogen and oxygen atoms in total. The Labute approximate surface area is 114 Å². The van der Waals surface area contributed by atoms with E-state index in [0.717, 1.165) is 5.56 Å². The van der Waals surface area contributed by atoms with Gasteiger partial charge in [0.15, 0.2) is 5.75 Å². The highest BCUT2D eigenvalue weighted by Gasteiger charge is 2.17. The van der Waals surface area contributed by atoms with Crippen LogP contribution in [0.4, 0.5) is 0 Å². The van der Waals surface area contributed by atoms with Crippen molar-refractivity contribution in [3.05, 3.63) is 52.8 Å². The van der Waals surface area contributed by atoms with E-state index in [2.05, 4.69) is 20.9 Å². The van der Waals surface area contributed by atoms with E-state index in [0.29, 0.717) is 4.60 Å². The fraction of sp³-hybridized carbons (Fsp3) is 0.0833. The second kappa shape index (κ2) is 5.07. The third-order valence-electron chi connectivity index (χ3n) is 2.23. The van der Waals surface area contributed by atoms with Gasteiger partial charge in [-0.3, -0.25) is 0 Å². The van der Waals surface area contributed by atoms with Gasteiger partial charge in [-0.15, -0.1) is 0 Å². The first-order chi connectivity index (χ1) is 8.49. The molecule has 0 bridgehead atoms. The van der Waals surface area contributed by atoms with Crippen LogP contribution in [-0.2, 0) is 10.1 Å². The second-order valence-corrected chi connectivity index (χ2v) is 5.94. The molecule has 1 aromatic carbocycles. The van der Waals surface area contributed by atoms with Crippen LogP contribution in [0, 0.1) is 6.92 Å². The van der Waals surface area contributed by atoms with Gasteiger partial charge in [-0.2, -0.15) is 8.42 Å². The van der Waals surface area contributed by atoms with Gasteiger partial charge in [0.25, 0.3) is 0 Å². The smallest absolute Gasteiger partial charge is 0.339 e. The lowest BCUT2D eigenvalue weighted by Gasteiger charge is -2.07. The van der Waals surface area contributed by atoms with Gasteiger partial charge < -0.3 is 4.18 Å². The van der Waals surface area contributed by atoms with Crippen molar-refractivity contribution >= 4 is 26.0 Å². The van der Waals surface area contributed by atoms with Crippen LogP contribution < -0.4 is 4.18 Å². The van der Waals surface area contributed by atoms with Crippen LogP contribution in [0.5, 0.6) is 5.75 Å². The molecule has 0 aliphatic carbocycles. The first-order valence-corrected chi connectivity index (χ1v) is 7.31. The van der Waals surface area contributed by atoms with Crippen molar-refractivity contribution in [2.24, 2.45) is 0 Å². The molecule has 0 aliphatic heterocycles. The van der Waals surface area contributed by atoms with Gasteiger partial charge in [-0.05, 0) is 47.1 Å². The lowest BCUT2D eigenvalue weighted by molar-refractivity contribution is 0.483. The molecule has 0 N–H and O–H groups in total. The van der Waals surface area contributed by atoms with Crippen LogP contribution in [-0.4, -0.2) is 13.4 Å². The maximum atomic E-state index is 12.0. The second-order valence-electron chi connectivity index (χ2n) is 3.64. The van der Waals surface area contributed by atoms with E-state index in [9.17, 15) is 8.42 Å². The van der Waals surface area contributed by atoms with E-state index in [1.54, 1.807) is 18.2 Å². The van der Waals surface area contributed by atoms with Crippen molar-refractivity contribution in [2.45, 2.75) is 11.8 Å². The standard InChI is InChI=1S/C12H10BrNO3S/c1-9-4-6-10(7-5-9)18(15,16)17-11-3-2-8-14-12(11)13/h2-8H,1H3. The van der Waals surface area contributed by atoms with Gasteiger partial charge in [0, 0.05) is 6.20 Å². The molecule has 0 amide bonds. The number of aromatic nitrogens is 1. The summed E-state index contributed by atoms with van der Waals surface area (Å²) >= 11 is 3.13. The number of benzene rings is 1. The van der Waals surface area contributed by atoms with Crippen molar-refractivity contribution in [2.75, 3.05) is 0 Å². The Hall–Kier alpha value is -1.40. The first kappa shape index (κ1) is 13.0. The Bertz CT molecular complexity index is 653. The number of halogens is 1. The predicted molar refractivity (Wildman–Crippen MR) is 70.9 cm³/mol. The summed E-state index contributed by atoms with van der Waals surface area (Å²) in [5.74, 6) is 0.165. The molecule has 18 heavy (non-hydrogen) atoms. The molecule has 94 valence electrons. The molecule has 0 fully saturated rings. The molecule has 0 unspecified atom stereocenters.